The third-order valence-corrected chi connectivity index (χ3v) is 3.51. The fraction of sp³-hybridized carbons (Fsp3) is 0.500. The molecule has 1 aromatic rings. The third-order valence-electron chi connectivity index (χ3n) is 3.51. The number of ether oxygens (including phenoxy) is 1. The molecule has 0 spiro atoms. The van der Waals surface area contributed by atoms with Crippen molar-refractivity contribution in [1.29, 1.82) is 0 Å². The van der Waals surface area contributed by atoms with E-state index in [1.807, 2.05) is 24.3 Å². The Morgan fingerprint density at radius 2 is 1.75 bits per heavy atom. The summed E-state index contributed by atoms with van der Waals surface area (Å²) in [5, 5.41) is 0. The summed E-state index contributed by atoms with van der Waals surface area (Å²) in [6.45, 7) is 9.93. The van der Waals surface area contributed by atoms with Crippen LogP contribution in [0.5, 0.6) is 0 Å². The van der Waals surface area contributed by atoms with Gasteiger partial charge in [-0.15, -0.1) is 0 Å². The van der Waals surface area contributed by atoms with Gasteiger partial charge in [0.05, 0.1) is 6.10 Å². The van der Waals surface area contributed by atoms with Crippen LogP contribution in [0, 0.1) is 0 Å². The largest absolute Gasteiger partial charge is 0.490 e. The van der Waals surface area contributed by atoms with E-state index in [0.29, 0.717) is 5.76 Å². The lowest BCUT2D eigenvalue weighted by atomic mass is 10.1. The smallest absolute Gasteiger partial charge is 0.159 e. The van der Waals surface area contributed by atoms with Crippen molar-refractivity contribution in [1.82, 2.24) is 0 Å². The molecule has 110 valence electrons. The molecule has 1 unspecified atom stereocenters. The van der Waals surface area contributed by atoms with Crippen LogP contribution in [-0.2, 0) is 4.74 Å². The van der Waals surface area contributed by atoms with Gasteiger partial charge in [-0.1, -0.05) is 57.5 Å². The van der Waals surface area contributed by atoms with E-state index < -0.39 is 0 Å². The van der Waals surface area contributed by atoms with Gasteiger partial charge in [0.25, 0.3) is 0 Å². The Morgan fingerprint density at radius 3 is 2.25 bits per heavy atom. The van der Waals surface area contributed by atoms with Crippen LogP contribution in [0.25, 0.3) is 5.76 Å². The number of ketones is 1. The average Bonchev–Trinajstić information content (AvgIpc) is 2.46. The maximum absolute atomic E-state index is 11.2. The topological polar surface area (TPSA) is 26.3 Å². The molecule has 0 N–H and O–H groups in total. The van der Waals surface area contributed by atoms with Crippen molar-refractivity contribution in [2.24, 2.45) is 0 Å². The maximum atomic E-state index is 11.2. The Kier molecular flexibility index (Phi) is 7.06. The summed E-state index contributed by atoms with van der Waals surface area (Å²) < 4.78 is 5.95. The van der Waals surface area contributed by atoms with Gasteiger partial charge in [0, 0.05) is 11.1 Å². The molecule has 2 nitrogen and oxygen atoms in total. The van der Waals surface area contributed by atoms with E-state index in [0.717, 1.165) is 24.0 Å². The number of Topliss-reactive ketones (excluding diaryl/α,β-unsaturated/α-hetero) is 1. The summed E-state index contributed by atoms with van der Waals surface area (Å²) in [7, 11) is 0. The van der Waals surface area contributed by atoms with Crippen LogP contribution in [0.15, 0.2) is 30.8 Å². The highest BCUT2D eigenvalue weighted by Crippen LogP contribution is 2.20. The van der Waals surface area contributed by atoms with Crippen LogP contribution in [0.2, 0.25) is 0 Å². The molecule has 0 saturated carbocycles. The Balaban J connectivity index is 2.57. The summed E-state index contributed by atoms with van der Waals surface area (Å²) in [5.41, 5.74) is 1.67. The van der Waals surface area contributed by atoms with E-state index in [-0.39, 0.29) is 11.9 Å². The first-order chi connectivity index (χ1) is 9.58. The zero-order chi connectivity index (χ0) is 15.0. The lowest BCUT2D eigenvalue weighted by molar-refractivity contribution is 0.101. The van der Waals surface area contributed by atoms with E-state index in [9.17, 15) is 4.79 Å². The lowest BCUT2D eigenvalue weighted by Crippen LogP contribution is -2.10. The number of hydrogen-bond donors (Lipinski definition) is 0. The van der Waals surface area contributed by atoms with Crippen LogP contribution >= 0.6 is 0 Å². The van der Waals surface area contributed by atoms with E-state index in [1.54, 1.807) is 6.92 Å². The molecule has 0 aromatic heterocycles. The van der Waals surface area contributed by atoms with Gasteiger partial charge in [-0.25, -0.2) is 0 Å². The number of benzene rings is 1. The Morgan fingerprint density at radius 1 is 1.15 bits per heavy atom. The SMILES string of the molecule is C=C(OC(CC)CCCCC)c1ccc(C(C)=O)cc1. The second-order valence-electron chi connectivity index (χ2n) is 5.20. The molecule has 0 aliphatic heterocycles. The fourth-order valence-electron chi connectivity index (χ4n) is 2.13. The lowest BCUT2D eigenvalue weighted by Gasteiger charge is -2.19. The molecular weight excluding hydrogens is 248 g/mol. The van der Waals surface area contributed by atoms with Gasteiger partial charge in [-0.2, -0.15) is 0 Å². The van der Waals surface area contributed by atoms with Crippen molar-refractivity contribution in [3.8, 4) is 0 Å². The van der Waals surface area contributed by atoms with Crippen molar-refractivity contribution in [2.45, 2.75) is 59.0 Å². The van der Waals surface area contributed by atoms with E-state index in [1.165, 1.54) is 19.3 Å². The Bertz CT molecular complexity index is 431. The second kappa shape index (κ2) is 8.57. The van der Waals surface area contributed by atoms with Crippen LogP contribution in [0.1, 0.15) is 68.8 Å². The monoisotopic (exact) mass is 274 g/mol. The van der Waals surface area contributed by atoms with E-state index in [2.05, 4.69) is 20.4 Å². The predicted octanol–water partition coefficient (Wildman–Crippen LogP) is 5.24. The van der Waals surface area contributed by atoms with Gasteiger partial charge in [0.15, 0.2) is 5.78 Å². The number of hydrogen-bond acceptors (Lipinski definition) is 2. The zero-order valence-corrected chi connectivity index (χ0v) is 12.9. The van der Waals surface area contributed by atoms with Gasteiger partial charge < -0.3 is 4.74 Å². The highest BCUT2D eigenvalue weighted by Gasteiger charge is 2.10. The molecule has 1 rings (SSSR count). The molecule has 20 heavy (non-hydrogen) atoms. The fourth-order valence-corrected chi connectivity index (χ4v) is 2.13. The van der Waals surface area contributed by atoms with Gasteiger partial charge in [-0.3, -0.25) is 4.79 Å². The van der Waals surface area contributed by atoms with Crippen molar-refractivity contribution in [2.75, 3.05) is 0 Å². The molecule has 0 fully saturated rings. The second-order valence-corrected chi connectivity index (χ2v) is 5.20. The number of carbonyl (C=O) groups is 1. The molecule has 0 bridgehead atoms. The van der Waals surface area contributed by atoms with Crippen molar-refractivity contribution < 1.29 is 9.53 Å². The first-order valence-electron chi connectivity index (χ1n) is 7.55. The van der Waals surface area contributed by atoms with Crippen LogP contribution in [0.4, 0.5) is 0 Å². The molecule has 0 aliphatic carbocycles. The highest BCUT2D eigenvalue weighted by atomic mass is 16.5. The van der Waals surface area contributed by atoms with Crippen LogP contribution < -0.4 is 0 Å². The minimum atomic E-state index is 0.0779. The number of carbonyl (C=O) groups excluding carboxylic acids is 1. The Hall–Kier alpha value is -1.57. The molecule has 2 heteroatoms. The highest BCUT2D eigenvalue weighted by molar-refractivity contribution is 5.94. The molecule has 0 amide bonds. The van der Waals surface area contributed by atoms with Crippen molar-refractivity contribution >= 4 is 11.5 Å². The molecule has 1 aromatic carbocycles. The predicted molar refractivity (Wildman–Crippen MR) is 84.8 cm³/mol. The number of rotatable bonds is 9. The zero-order valence-electron chi connectivity index (χ0n) is 12.9. The molecular formula is C18H26O2. The van der Waals surface area contributed by atoms with Gasteiger partial charge in [-0.05, 0) is 26.2 Å². The summed E-state index contributed by atoms with van der Waals surface area (Å²) in [6.07, 6.45) is 5.99. The summed E-state index contributed by atoms with van der Waals surface area (Å²) >= 11 is 0. The molecule has 0 radical (unpaired) electrons. The molecule has 0 saturated heterocycles. The average molecular weight is 274 g/mol. The quantitative estimate of drug-likeness (QED) is 0.350. The maximum Gasteiger partial charge on any atom is 0.159 e. The first-order valence-corrected chi connectivity index (χ1v) is 7.55. The summed E-state index contributed by atoms with van der Waals surface area (Å²) in [4.78, 5) is 11.2. The van der Waals surface area contributed by atoms with Crippen LogP contribution in [-0.4, -0.2) is 11.9 Å². The van der Waals surface area contributed by atoms with Gasteiger partial charge >= 0.3 is 0 Å². The van der Waals surface area contributed by atoms with E-state index >= 15 is 0 Å². The Labute approximate surface area is 122 Å². The van der Waals surface area contributed by atoms with Crippen molar-refractivity contribution in [3.05, 3.63) is 42.0 Å². The summed E-state index contributed by atoms with van der Waals surface area (Å²) in [6, 6.07) is 7.45. The molecule has 0 heterocycles. The third kappa shape index (κ3) is 5.20. The van der Waals surface area contributed by atoms with Gasteiger partial charge in [0.2, 0.25) is 0 Å². The van der Waals surface area contributed by atoms with Crippen molar-refractivity contribution in [3.63, 3.8) is 0 Å². The summed E-state index contributed by atoms with van der Waals surface area (Å²) in [5.74, 6) is 0.775. The minimum Gasteiger partial charge on any atom is -0.490 e. The number of unbranched alkanes of at least 4 members (excludes halogenated alkanes) is 2. The molecule has 0 aliphatic rings. The normalized spacial score (nSPS) is 11.9. The molecule has 1 atom stereocenters. The first kappa shape index (κ1) is 16.5. The minimum absolute atomic E-state index is 0.0779. The van der Waals surface area contributed by atoms with Gasteiger partial charge in [0.1, 0.15) is 5.76 Å². The van der Waals surface area contributed by atoms with Crippen LogP contribution in [0.3, 0.4) is 0 Å². The van der Waals surface area contributed by atoms with E-state index in [4.69, 9.17) is 4.74 Å². The standard InChI is InChI=1S/C18H26O2/c1-5-7-8-9-18(6-2)20-15(4)17-12-10-16(11-13-17)14(3)19/h10-13,18H,4-9H2,1-3H3.